The van der Waals surface area contributed by atoms with Gasteiger partial charge in [0.25, 0.3) is 20.2 Å². The molecule has 306 valence electrons. The van der Waals surface area contributed by atoms with Crippen LogP contribution in [0.15, 0.2) is 127 Å². The van der Waals surface area contributed by atoms with Crippen molar-refractivity contribution in [1.82, 2.24) is 14.8 Å². The molecule has 23 heteroatoms. The lowest BCUT2D eigenvalue weighted by Gasteiger charge is -2.11. The number of phenolic OH excluding ortho intramolecular Hbond substituents is 1. The van der Waals surface area contributed by atoms with Gasteiger partial charge in [0, 0.05) is 16.8 Å². The van der Waals surface area contributed by atoms with E-state index in [0.29, 0.717) is 16.4 Å². The SMILES string of the molecule is Cc1cc(N=Nc2ccc3c(S(=O)(=O)O)c(N=Nc4cnn(-c5cccc(C(=O)O)c5)c4O)ccc3c2O)c(OCCCS(=O)(=O)O)cc1N=Nc1nc2ccccc2s1. The van der Waals surface area contributed by atoms with Gasteiger partial charge in [0.15, 0.2) is 11.4 Å². The minimum Gasteiger partial charge on any atom is -0.505 e. The number of carbonyl (C=O) groups is 1. The Balaban J connectivity index is 1.19. The molecule has 5 N–H and O–H groups in total. The first-order valence-electron chi connectivity index (χ1n) is 17.3. The number of phenols is 1. The molecule has 0 unspecified atom stereocenters. The standard InChI is InChI=1S/C37H29N9O11S3/c1-20-16-29(31(57-14-5-15-59(51,52)53)18-28(20)42-45-37-39-25-8-2-3-9-32(25)58-37)43-40-26-12-11-24-23(33(26)47)10-13-27(34(24)60(54,55)56)41-44-30-19-38-46(35(30)48)22-7-4-6-21(17-22)36(49)50/h2-4,6-13,16-19,47-48H,5,14-15H2,1H3,(H,49,50)(H,51,52,53)(H,54,55,56). The summed E-state index contributed by atoms with van der Waals surface area (Å²) >= 11 is 1.34. The molecule has 2 aromatic heterocycles. The number of nitrogens with zero attached hydrogens (tertiary/aromatic N) is 9. The molecule has 20 nitrogen and oxygen atoms in total. The highest BCUT2D eigenvalue weighted by Crippen LogP contribution is 2.43. The number of hydrogen-bond donors (Lipinski definition) is 5. The van der Waals surface area contributed by atoms with Gasteiger partial charge in [-0.1, -0.05) is 35.6 Å². The quantitative estimate of drug-likeness (QED) is 0.0387. The summed E-state index contributed by atoms with van der Waals surface area (Å²) in [5, 5.41) is 60.3. The number of ether oxygens (including phenoxy) is 1. The fraction of sp³-hybridized carbons (Fsp3) is 0.108. The summed E-state index contributed by atoms with van der Waals surface area (Å²) in [7, 11) is -9.27. The number of carboxylic acid groups (broad SMARTS) is 1. The zero-order valence-corrected chi connectivity index (χ0v) is 33.2. The second-order valence-corrected chi connectivity index (χ2v) is 16.6. The fourth-order valence-corrected chi connectivity index (χ4v) is 7.83. The molecule has 2 heterocycles. The smallest absolute Gasteiger partial charge is 0.335 e. The molecule has 0 spiro atoms. The number of benzene rings is 5. The van der Waals surface area contributed by atoms with Crippen LogP contribution in [0.25, 0.3) is 26.7 Å². The highest BCUT2D eigenvalue weighted by molar-refractivity contribution is 7.86. The number of aromatic hydroxyl groups is 2. The van der Waals surface area contributed by atoms with E-state index < -0.39 is 48.5 Å². The summed E-state index contributed by atoms with van der Waals surface area (Å²) in [6.07, 6.45) is 1.03. The van der Waals surface area contributed by atoms with E-state index in [9.17, 15) is 41.5 Å². The van der Waals surface area contributed by atoms with Crippen molar-refractivity contribution in [3.05, 3.63) is 102 Å². The summed E-state index contributed by atoms with van der Waals surface area (Å²) in [5.41, 5.74) is 1.24. The van der Waals surface area contributed by atoms with Gasteiger partial charge in [0.05, 0.1) is 45.7 Å². The van der Waals surface area contributed by atoms with Gasteiger partial charge in [0.1, 0.15) is 27.7 Å². The van der Waals surface area contributed by atoms with Crippen LogP contribution < -0.4 is 4.74 Å². The number of hydrogen-bond acceptors (Lipinski definition) is 17. The fourth-order valence-electron chi connectivity index (χ4n) is 5.74. The summed E-state index contributed by atoms with van der Waals surface area (Å²) < 4.78 is 75.1. The van der Waals surface area contributed by atoms with Crippen molar-refractivity contribution in [2.24, 2.45) is 30.7 Å². The van der Waals surface area contributed by atoms with Crippen molar-refractivity contribution in [3.8, 4) is 23.1 Å². The zero-order valence-electron chi connectivity index (χ0n) is 30.7. The van der Waals surface area contributed by atoms with E-state index in [-0.39, 0.29) is 63.6 Å². The van der Waals surface area contributed by atoms with E-state index in [2.05, 4.69) is 40.8 Å². The number of fused-ring (bicyclic) bond motifs is 2. The van der Waals surface area contributed by atoms with Gasteiger partial charge in [-0.15, -0.1) is 30.7 Å². The Morgan fingerprint density at radius 2 is 1.48 bits per heavy atom. The number of rotatable bonds is 14. The first-order valence-corrected chi connectivity index (χ1v) is 21.1. The van der Waals surface area contributed by atoms with Gasteiger partial charge < -0.3 is 20.1 Å². The Bertz CT molecular complexity index is 3110. The van der Waals surface area contributed by atoms with E-state index in [4.69, 9.17) is 9.29 Å². The van der Waals surface area contributed by atoms with Gasteiger partial charge in [-0.25, -0.2) is 9.78 Å². The number of aromatic nitrogens is 3. The largest absolute Gasteiger partial charge is 0.505 e. The Hall–Kier alpha value is -7.05. The van der Waals surface area contributed by atoms with Crippen LogP contribution in [-0.2, 0) is 20.2 Å². The first kappa shape index (κ1) is 41.1. The first-order chi connectivity index (χ1) is 28.6. The normalized spacial score (nSPS) is 12.4. The molecule has 0 bridgehead atoms. The van der Waals surface area contributed by atoms with E-state index in [1.807, 2.05) is 24.3 Å². The molecule has 0 aliphatic heterocycles. The van der Waals surface area contributed by atoms with Gasteiger partial charge in [-0.2, -0.15) is 26.6 Å². The van der Waals surface area contributed by atoms with Gasteiger partial charge in [-0.3, -0.25) is 9.11 Å². The summed E-state index contributed by atoms with van der Waals surface area (Å²) in [6.45, 7) is 1.57. The van der Waals surface area contributed by atoms with Crippen molar-refractivity contribution >= 4 is 92.1 Å². The molecule has 0 radical (unpaired) electrons. The Morgan fingerprint density at radius 3 is 2.23 bits per heavy atom. The van der Waals surface area contributed by atoms with Crippen molar-refractivity contribution in [2.45, 2.75) is 18.2 Å². The third kappa shape index (κ3) is 9.14. The van der Waals surface area contributed by atoms with Crippen molar-refractivity contribution in [3.63, 3.8) is 0 Å². The molecule has 0 aliphatic rings. The highest BCUT2D eigenvalue weighted by Gasteiger charge is 2.23. The predicted octanol–water partition coefficient (Wildman–Crippen LogP) is 9.20. The zero-order chi connectivity index (χ0) is 42.8. The van der Waals surface area contributed by atoms with E-state index in [0.717, 1.165) is 27.2 Å². The van der Waals surface area contributed by atoms with Crippen LogP contribution in [0.3, 0.4) is 0 Å². The van der Waals surface area contributed by atoms with Crippen molar-refractivity contribution < 1.29 is 50.8 Å². The monoisotopic (exact) mass is 871 g/mol. The lowest BCUT2D eigenvalue weighted by molar-refractivity contribution is 0.0696. The van der Waals surface area contributed by atoms with E-state index >= 15 is 0 Å². The van der Waals surface area contributed by atoms with Crippen LogP contribution in [0.1, 0.15) is 22.3 Å². The molecular formula is C37H29N9O11S3. The molecule has 0 saturated heterocycles. The van der Waals surface area contributed by atoms with Gasteiger partial charge >= 0.3 is 5.97 Å². The summed E-state index contributed by atoms with van der Waals surface area (Å²) in [6, 6.07) is 21.0. The molecule has 60 heavy (non-hydrogen) atoms. The van der Waals surface area contributed by atoms with Crippen LogP contribution in [0.4, 0.5) is 33.6 Å². The van der Waals surface area contributed by atoms with E-state index in [1.165, 1.54) is 59.9 Å². The molecule has 0 aliphatic carbocycles. The molecule has 0 fully saturated rings. The molecule has 5 aromatic carbocycles. The molecule has 7 rings (SSSR count). The van der Waals surface area contributed by atoms with Gasteiger partial charge in [-0.05, 0) is 73.5 Å². The van der Waals surface area contributed by atoms with Crippen LogP contribution >= 0.6 is 11.3 Å². The number of aryl methyl sites for hydroxylation is 1. The number of azo groups is 3. The highest BCUT2D eigenvalue weighted by atomic mass is 32.2. The number of carboxylic acids is 1. The maximum Gasteiger partial charge on any atom is 0.335 e. The average Bonchev–Trinajstić information content (AvgIpc) is 3.80. The van der Waals surface area contributed by atoms with Gasteiger partial charge in [0.2, 0.25) is 11.0 Å². The molecule has 0 atom stereocenters. The molecular weight excluding hydrogens is 843 g/mol. The van der Waals surface area contributed by atoms with Crippen LogP contribution in [-0.4, -0.2) is 74.4 Å². The Morgan fingerprint density at radius 1 is 0.783 bits per heavy atom. The van der Waals surface area contributed by atoms with Crippen molar-refractivity contribution in [1.29, 1.82) is 0 Å². The van der Waals surface area contributed by atoms with E-state index in [1.54, 1.807) is 13.0 Å². The average molecular weight is 872 g/mol. The lowest BCUT2D eigenvalue weighted by Crippen LogP contribution is -2.08. The Labute approximate surface area is 343 Å². The summed E-state index contributed by atoms with van der Waals surface area (Å²) in [5.74, 6) is -2.73. The minimum atomic E-state index is -5.02. The predicted molar refractivity (Wildman–Crippen MR) is 217 cm³/mol. The third-order valence-corrected chi connectivity index (χ3v) is 11.2. The molecule has 0 amide bonds. The maximum atomic E-state index is 12.7. The Kier molecular flexibility index (Phi) is 11.4. The van der Waals surface area contributed by atoms with Crippen LogP contribution in [0.5, 0.6) is 17.4 Å². The maximum absolute atomic E-state index is 12.7. The second-order valence-electron chi connectivity index (χ2n) is 12.7. The number of aromatic carboxylic acids is 1. The van der Waals surface area contributed by atoms with Crippen molar-refractivity contribution in [2.75, 3.05) is 12.4 Å². The molecule has 7 aromatic rings. The third-order valence-electron chi connectivity index (χ3n) is 8.54. The number of para-hydroxylation sites is 1. The summed E-state index contributed by atoms with van der Waals surface area (Å²) in [4.78, 5) is 15.1. The minimum absolute atomic E-state index is 0.0667. The van der Waals surface area contributed by atoms with Crippen LogP contribution in [0, 0.1) is 6.92 Å². The van der Waals surface area contributed by atoms with Crippen LogP contribution in [0.2, 0.25) is 0 Å². The lowest BCUT2D eigenvalue weighted by atomic mass is 10.1. The topological polar surface area (TPSA) is 301 Å². The number of thiazole rings is 1. The second kappa shape index (κ2) is 16.7. The molecule has 0 saturated carbocycles.